The largest absolute Gasteiger partial charge is 0.481 e. The predicted molar refractivity (Wildman–Crippen MR) is 97.7 cm³/mol. The van der Waals surface area contributed by atoms with E-state index in [9.17, 15) is 19.5 Å². The summed E-state index contributed by atoms with van der Waals surface area (Å²) in [5.74, 6) is 0.103. The predicted octanol–water partition coefficient (Wildman–Crippen LogP) is 1.91. The monoisotopic (exact) mass is 374 g/mol. The zero-order valence-electron chi connectivity index (χ0n) is 14.5. The number of thioether (sulfide) groups is 1. The standard InChI is InChI=1S/C19H22N2O4S/c22-16(13-4-2-1-3-5-13)21-12-26-11-15(21)17(23)20-8-6-19(7-9-20)10-14(19)18(24)25/h1-5,14-15H,6-12H2,(H,24,25). The Labute approximate surface area is 156 Å². The van der Waals surface area contributed by atoms with Crippen LogP contribution in [0.2, 0.25) is 0 Å². The second-order valence-corrected chi connectivity index (χ2v) is 8.44. The van der Waals surface area contributed by atoms with Gasteiger partial charge in [0.2, 0.25) is 5.91 Å². The maximum Gasteiger partial charge on any atom is 0.307 e. The van der Waals surface area contributed by atoms with E-state index in [1.165, 1.54) is 0 Å². The van der Waals surface area contributed by atoms with E-state index in [0.717, 1.165) is 19.3 Å². The van der Waals surface area contributed by atoms with Gasteiger partial charge in [-0.05, 0) is 36.8 Å². The van der Waals surface area contributed by atoms with Crippen LogP contribution in [-0.4, -0.2) is 63.5 Å². The van der Waals surface area contributed by atoms with Crippen LogP contribution in [0.3, 0.4) is 0 Å². The van der Waals surface area contributed by atoms with E-state index in [0.29, 0.717) is 30.3 Å². The van der Waals surface area contributed by atoms with Crippen LogP contribution >= 0.6 is 11.8 Å². The van der Waals surface area contributed by atoms with Gasteiger partial charge in [-0.2, -0.15) is 0 Å². The van der Waals surface area contributed by atoms with Gasteiger partial charge in [-0.3, -0.25) is 14.4 Å². The fourth-order valence-corrected chi connectivity index (χ4v) is 5.37. The maximum atomic E-state index is 13.0. The molecule has 2 aliphatic heterocycles. The average Bonchev–Trinajstić information content (AvgIpc) is 3.15. The zero-order valence-corrected chi connectivity index (χ0v) is 15.3. The first-order chi connectivity index (χ1) is 12.5. The Hall–Kier alpha value is -2.02. The highest BCUT2D eigenvalue weighted by molar-refractivity contribution is 7.99. The normalized spacial score (nSPS) is 26.8. The molecule has 2 amide bonds. The van der Waals surface area contributed by atoms with Gasteiger partial charge in [0, 0.05) is 24.4 Å². The van der Waals surface area contributed by atoms with E-state index in [-0.39, 0.29) is 23.1 Å². The summed E-state index contributed by atoms with van der Waals surface area (Å²) in [7, 11) is 0. The lowest BCUT2D eigenvalue weighted by Crippen LogP contribution is -2.51. The quantitative estimate of drug-likeness (QED) is 0.875. The Morgan fingerprint density at radius 2 is 1.81 bits per heavy atom. The van der Waals surface area contributed by atoms with Crippen molar-refractivity contribution in [1.29, 1.82) is 0 Å². The van der Waals surface area contributed by atoms with Crippen LogP contribution in [0, 0.1) is 11.3 Å². The molecule has 3 aliphatic rings. The van der Waals surface area contributed by atoms with E-state index >= 15 is 0 Å². The Balaban J connectivity index is 1.40. The van der Waals surface area contributed by atoms with Crippen molar-refractivity contribution in [3.63, 3.8) is 0 Å². The molecule has 0 bridgehead atoms. The first-order valence-corrected chi connectivity index (χ1v) is 10.1. The van der Waals surface area contributed by atoms with Crippen LogP contribution in [0.5, 0.6) is 0 Å². The van der Waals surface area contributed by atoms with Gasteiger partial charge in [0.1, 0.15) is 6.04 Å². The van der Waals surface area contributed by atoms with Crippen LogP contribution < -0.4 is 0 Å². The molecule has 1 aliphatic carbocycles. The first kappa shape index (κ1) is 17.4. The number of hydrogen-bond acceptors (Lipinski definition) is 4. The number of carbonyl (C=O) groups excluding carboxylic acids is 2. The van der Waals surface area contributed by atoms with Gasteiger partial charge in [-0.1, -0.05) is 18.2 Å². The molecular weight excluding hydrogens is 352 g/mol. The second kappa shape index (κ2) is 6.61. The fourth-order valence-electron chi connectivity index (χ4n) is 4.23. The molecule has 1 saturated carbocycles. The van der Waals surface area contributed by atoms with Crippen molar-refractivity contribution in [2.75, 3.05) is 24.7 Å². The molecule has 4 rings (SSSR count). The molecule has 2 heterocycles. The van der Waals surface area contributed by atoms with Gasteiger partial charge in [0.05, 0.1) is 11.8 Å². The molecule has 2 unspecified atom stereocenters. The number of piperidine rings is 1. The van der Waals surface area contributed by atoms with Gasteiger partial charge >= 0.3 is 5.97 Å². The third-order valence-electron chi connectivity index (χ3n) is 6.01. The summed E-state index contributed by atoms with van der Waals surface area (Å²) in [6.45, 7) is 1.19. The molecule has 6 nitrogen and oxygen atoms in total. The minimum atomic E-state index is -0.711. The number of benzene rings is 1. The van der Waals surface area contributed by atoms with Crippen molar-refractivity contribution in [3.05, 3.63) is 35.9 Å². The van der Waals surface area contributed by atoms with Crippen LogP contribution in [0.25, 0.3) is 0 Å². The highest BCUT2D eigenvalue weighted by Crippen LogP contribution is 2.59. The van der Waals surface area contributed by atoms with Crippen LogP contribution in [0.15, 0.2) is 30.3 Å². The summed E-state index contributed by atoms with van der Waals surface area (Å²) >= 11 is 1.60. The molecule has 2 saturated heterocycles. The molecule has 7 heteroatoms. The number of carboxylic acid groups (broad SMARTS) is 1. The molecule has 1 N–H and O–H groups in total. The van der Waals surface area contributed by atoms with E-state index in [4.69, 9.17) is 0 Å². The van der Waals surface area contributed by atoms with Crippen molar-refractivity contribution < 1.29 is 19.5 Å². The van der Waals surface area contributed by atoms with Gasteiger partial charge in [0.15, 0.2) is 0 Å². The van der Waals surface area contributed by atoms with Gasteiger partial charge in [-0.15, -0.1) is 11.8 Å². The van der Waals surface area contributed by atoms with E-state index in [1.807, 2.05) is 23.1 Å². The summed E-state index contributed by atoms with van der Waals surface area (Å²) in [5.41, 5.74) is 0.514. The molecule has 2 atom stereocenters. The highest BCUT2D eigenvalue weighted by atomic mass is 32.2. The molecule has 138 valence electrons. The third kappa shape index (κ3) is 2.98. The summed E-state index contributed by atoms with van der Waals surface area (Å²) in [5, 5.41) is 9.19. The van der Waals surface area contributed by atoms with Crippen molar-refractivity contribution >= 4 is 29.5 Å². The second-order valence-electron chi connectivity index (χ2n) is 7.44. The lowest BCUT2D eigenvalue weighted by atomic mass is 9.90. The SMILES string of the molecule is O=C(O)C1CC12CCN(C(=O)C1CSCN1C(=O)c1ccccc1)CC2. The molecule has 0 radical (unpaired) electrons. The summed E-state index contributed by atoms with van der Waals surface area (Å²) < 4.78 is 0. The number of likely N-dealkylation sites (tertiary alicyclic amines) is 1. The molecule has 1 spiro atoms. The Morgan fingerprint density at radius 3 is 2.42 bits per heavy atom. The van der Waals surface area contributed by atoms with E-state index in [2.05, 4.69) is 0 Å². The van der Waals surface area contributed by atoms with Crippen molar-refractivity contribution in [2.45, 2.75) is 25.3 Å². The van der Waals surface area contributed by atoms with Gasteiger partial charge in [0.25, 0.3) is 5.91 Å². The summed E-state index contributed by atoms with van der Waals surface area (Å²) in [6, 6.07) is 8.64. The number of nitrogens with zero attached hydrogens (tertiary/aromatic N) is 2. The maximum absolute atomic E-state index is 13.0. The topological polar surface area (TPSA) is 77.9 Å². The number of aliphatic carboxylic acids is 1. The number of hydrogen-bond donors (Lipinski definition) is 1. The minimum Gasteiger partial charge on any atom is -0.481 e. The van der Waals surface area contributed by atoms with E-state index < -0.39 is 12.0 Å². The lowest BCUT2D eigenvalue weighted by molar-refractivity contribution is -0.140. The van der Waals surface area contributed by atoms with Crippen molar-refractivity contribution in [3.8, 4) is 0 Å². The zero-order chi connectivity index (χ0) is 18.3. The average molecular weight is 374 g/mol. The van der Waals surface area contributed by atoms with Gasteiger partial charge in [-0.25, -0.2) is 0 Å². The number of rotatable bonds is 3. The Kier molecular flexibility index (Phi) is 4.42. The number of amides is 2. The summed E-state index contributed by atoms with van der Waals surface area (Å²) in [6.07, 6.45) is 2.24. The summed E-state index contributed by atoms with van der Waals surface area (Å²) in [4.78, 5) is 40.4. The highest BCUT2D eigenvalue weighted by Gasteiger charge is 2.59. The molecule has 1 aromatic rings. The van der Waals surface area contributed by atoms with Crippen molar-refractivity contribution in [1.82, 2.24) is 9.80 Å². The molecular formula is C19H22N2O4S. The van der Waals surface area contributed by atoms with Gasteiger partial charge < -0.3 is 14.9 Å². The third-order valence-corrected chi connectivity index (χ3v) is 7.02. The number of carboxylic acids is 1. The van der Waals surface area contributed by atoms with Crippen molar-refractivity contribution in [2.24, 2.45) is 11.3 Å². The Morgan fingerprint density at radius 1 is 1.12 bits per heavy atom. The van der Waals surface area contributed by atoms with Crippen LogP contribution in [-0.2, 0) is 9.59 Å². The lowest BCUT2D eigenvalue weighted by Gasteiger charge is -2.35. The smallest absolute Gasteiger partial charge is 0.307 e. The molecule has 26 heavy (non-hydrogen) atoms. The Bertz CT molecular complexity index is 730. The first-order valence-electron chi connectivity index (χ1n) is 8.97. The molecule has 3 fully saturated rings. The molecule has 1 aromatic carbocycles. The fraction of sp³-hybridized carbons (Fsp3) is 0.526. The minimum absolute atomic E-state index is 0.00153. The van der Waals surface area contributed by atoms with Crippen LogP contribution in [0.4, 0.5) is 0 Å². The van der Waals surface area contributed by atoms with Crippen LogP contribution in [0.1, 0.15) is 29.6 Å². The van der Waals surface area contributed by atoms with E-state index in [1.54, 1.807) is 28.8 Å². The number of carbonyl (C=O) groups is 3. The molecule has 0 aromatic heterocycles.